The van der Waals surface area contributed by atoms with Crippen LogP contribution < -0.4 is 5.73 Å². The molecule has 1 aliphatic rings. The number of halogens is 1. The van der Waals surface area contributed by atoms with Gasteiger partial charge < -0.3 is 20.7 Å². The molecule has 2 aromatic heterocycles. The Morgan fingerprint density at radius 2 is 2.30 bits per heavy atom. The predicted molar refractivity (Wildman–Crippen MR) is 79.8 cm³/mol. The highest BCUT2D eigenvalue weighted by atomic mass is 19.1. The first-order valence-electron chi connectivity index (χ1n) is 7.63. The van der Waals surface area contributed by atoms with Gasteiger partial charge in [0.2, 0.25) is 0 Å². The minimum absolute atomic E-state index is 0.0517. The number of ether oxygens (including phenoxy) is 1. The van der Waals surface area contributed by atoms with Crippen molar-refractivity contribution in [1.82, 2.24) is 19.5 Å². The van der Waals surface area contributed by atoms with Crippen LogP contribution in [0.15, 0.2) is 6.33 Å². The van der Waals surface area contributed by atoms with E-state index >= 15 is 0 Å². The summed E-state index contributed by atoms with van der Waals surface area (Å²) in [5, 5.41) is 20.1. The normalized spacial score (nSPS) is 27.8. The van der Waals surface area contributed by atoms with Gasteiger partial charge in [0.25, 0.3) is 0 Å². The maximum absolute atomic E-state index is 13.4. The molecule has 8 nitrogen and oxygen atoms in total. The Morgan fingerprint density at radius 3 is 3.00 bits per heavy atom. The van der Waals surface area contributed by atoms with Crippen molar-refractivity contribution in [2.75, 3.05) is 12.3 Å². The number of nitrogen functional groups attached to an aromatic ring is 1. The van der Waals surface area contributed by atoms with Gasteiger partial charge in [-0.3, -0.25) is 4.57 Å². The molecular weight excluding hydrogens is 305 g/mol. The van der Waals surface area contributed by atoms with Crippen LogP contribution in [0, 0.1) is 6.08 Å². The van der Waals surface area contributed by atoms with Crippen molar-refractivity contribution in [3.05, 3.63) is 12.4 Å². The zero-order valence-corrected chi connectivity index (χ0v) is 12.8. The smallest absolute Gasteiger partial charge is 0.312 e. The molecule has 0 spiro atoms. The standard InChI is InChI=1S/C14H20FN5O3/c1-2-3-4-14(6-21)8(22)5-9(23-14)20-7-17-10-11(16)18-13(15)19-12(10)20/h7-9,21-22H,2-6H2,1H3,(H2,16,18,19)/t8-,9+,14+/m0/s1. The van der Waals surface area contributed by atoms with Crippen molar-refractivity contribution >= 4 is 17.0 Å². The number of nitrogens with zero attached hydrogens (tertiary/aromatic N) is 4. The van der Waals surface area contributed by atoms with E-state index in [1.165, 1.54) is 10.9 Å². The lowest BCUT2D eigenvalue weighted by Gasteiger charge is -2.30. The number of imidazole rings is 1. The lowest BCUT2D eigenvalue weighted by Crippen LogP contribution is -2.43. The summed E-state index contributed by atoms with van der Waals surface area (Å²) < 4.78 is 20.9. The van der Waals surface area contributed by atoms with Gasteiger partial charge in [-0.25, -0.2) is 4.98 Å². The van der Waals surface area contributed by atoms with Crippen LogP contribution in [0.25, 0.3) is 11.2 Å². The fourth-order valence-electron chi connectivity index (χ4n) is 3.02. The number of hydrogen-bond acceptors (Lipinski definition) is 7. The summed E-state index contributed by atoms with van der Waals surface area (Å²) >= 11 is 0. The van der Waals surface area contributed by atoms with E-state index in [2.05, 4.69) is 15.0 Å². The van der Waals surface area contributed by atoms with Crippen LogP contribution in [0.4, 0.5) is 10.2 Å². The maximum atomic E-state index is 13.4. The average Bonchev–Trinajstić information content (AvgIpc) is 3.07. The number of hydrogen-bond donors (Lipinski definition) is 3. The van der Waals surface area contributed by atoms with Crippen molar-refractivity contribution in [2.45, 2.75) is 50.5 Å². The lowest BCUT2D eigenvalue weighted by atomic mass is 9.91. The van der Waals surface area contributed by atoms with E-state index in [1.807, 2.05) is 6.92 Å². The van der Waals surface area contributed by atoms with Crippen LogP contribution >= 0.6 is 0 Å². The van der Waals surface area contributed by atoms with Crippen molar-refractivity contribution in [3.63, 3.8) is 0 Å². The highest BCUT2D eigenvalue weighted by Gasteiger charge is 2.48. The molecule has 1 aliphatic heterocycles. The van der Waals surface area contributed by atoms with E-state index in [1.54, 1.807) is 0 Å². The number of rotatable bonds is 5. The van der Waals surface area contributed by atoms with Gasteiger partial charge in [0.05, 0.1) is 19.0 Å². The molecule has 1 fully saturated rings. The van der Waals surface area contributed by atoms with Gasteiger partial charge in [-0.15, -0.1) is 0 Å². The molecule has 0 radical (unpaired) electrons. The van der Waals surface area contributed by atoms with Crippen molar-refractivity contribution in [1.29, 1.82) is 0 Å². The number of nitrogens with two attached hydrogens (primary N) is 1. The minimum atomic E-state index is -1.02. The van der Waals surface area contributed by atoms with Crippen LogP contribution in [0.3, 0.4) is 0 Å². The molecule has 0 amide bonds. The third-order valence-electron chi connectivity index (χ3n) is 4.36. The second-order valence-electron chi connectivity index (χ2n) is 5.85. The van der Waals surface area contributed by atoms with Crippen LogP contribution in [0.1, 0.15) is 38.8 Å². The van der Waals surface area contributed by atoms with Gasteiger partial charge in [0.15, 0.2) is 17.0 Å². The molecule has 23 heavy (non-hydrogen) atoms. The Morgan fingerprint density at radius 1 is 1.52 bits per heavy atom. The molecule has 0 aromatic carbocycles. The van der Waals surface area contributed by atoms with Gasteiger partial charge >= 0.3 is 6.08 Å². The quantitative estimate of drug-likeness (QED) is 0.694. The fourth-order valence-corrected chi connectivity index (χ4v) is 3.02. The summed E-state index contributed by atoms with van der Waals surface area (Å²) in [6, 6.07) is 0. The first-order chi connectivity index (χ1) is 11.0. The van der Waals surface area contributed by atoms with Crippen molar-refractivity contribution in [2.24, 2.45) is 0 Å². The number of aromatic nitrogens is 4. The summed E-state index contributed by atoms with van der Waals surface area (Å²) in [5.74, 6) is -0.0517. The summed E-state index contributed by atoms with van der Waals surface area (Å²) in [4.78, 5) is 11.2. The van der Waals surface area contributed by atoms with E-state index in [-0.39, 0.29) is 30.0 Å². The van der Waals surface area contributed by atoms with Gasteiger partial charge in [0.1, 0.15) is 11.8 Å². The van der Waals surface area contributed by atoms with Crippen molar-refractivity contribution in [3.8, 4) is 0 Å². The summed E-state index contributed by atoms with van der Waals surface area (Å²) in [6.07, 6.45) is 1.58. The SMILES string of the molecule is CCCC[C@]1(CO)O[C@@H](n2cnc3c(N)nc(F)nc32)C[C@@H]1O. The number of fused-ring (bicyclic) bond motifs is 1. The molecule has 3 rings (SSSR count). The third-order valence-corrected chi connectivity index (χ3v) is 4.36. The molecule has 3 heterocycles. The summed E-state index contributed by atoms with van der Waals surface area (Å²) in [5.41, 5.74) is 5.11. The number of aliphatic hydroxyl groups is 2. The minimum Gasteiger partial charge on any atom is -0.393 e. The van der Waals surface area contributed by atoms with Gasteiger partial charge in [-0.2, -0.15) is 14.4 Å². The van der Waals surface area contributed by atoms with E-state index in [0.29, 0.717) is 6.42 Å². The summed E-state index contributed by atoms with van der Waals surface area (Å²) in [6.45, 7) is 1.73. The molecule has 0 saturated carbocycles. The second-order valence-corrected chi connectivity index (χ2v) is 5.85. The van der Waals surface area contributed by atoms with Gasteiger partial charge in [-0.05, 0) is 6.42 Å². The molecule has 2 aromatic rings. The van der Waals surface area contributed by atoms with E-state index < -0.39 is 24.0 Å². The van der Waals surface area contributed by atoms with Crippen LogP contribution in [-0.4, -0.2) is 48.0 Å². The van der Waals surface area contributed by atoms with E-state index in [9.17, 15) is 14.6 Å². The average molecular weight is 325 g/mol. The molecule has 9 heteroatoms. The topological polar surface area (TPSA) is 119 Å². The zero-order valence-electron chi connectivity index (χ0n) is 12.8. The molecule has 1 saturated heterocycles. The Labute approximate surface area is 132 Å². The Hall–Kier alpha value is -1.84. The van der Waals surface area contributed by atoms with Crippen molar-refractivity contribution < 1.29 is 19.3 Å². The molecule has 0 bridgehead atoms. The monoisotopic (exact) mass is 325 g/mol. The Kier molecular flexibility index (Phi) is 4.17. The first-order valence-corrected chi connectivity index (χ1v) is 7.63. The number of unbranched alkanes of at least 4 members (excludes halogenated alkanes) is 1. The van der Waals surface area contributed by atoms with Crippen LogP contribution in [0.5, 0.6) is 0 Å². The fraction of sp³-hybridized carbons (Fsp3) is 0.643. The van der Waals surface area contributed by atoms with Crippen LogP contribution in [-0.2, 0) is 4.74 Å². The molecular formula is C14H20FN5O3. The van der Waals surface area contributed by atoms with E-state index in [0.717, 1.165) is 12.8 Å². The Balaban J connectivity index is 1.94. The largest absolute Gasteiger partial charge is 0.393 e. The lowest BCUT2D eigenvalue weighted by molar-refractivity contribution is -0.131. The highest BCUT2D eigenvalue weighted by molar-refractivity contribution is 5.81. The second kappa shape index (κ2) is 5.99. The molecule has 3 atom stereocenters. The molecule has 0 unspecified atom stereocenters. The number of anilines is 1. The molecule has 0 aliphatic carbocycles. The van der Waals surface area contributed by atoms with Gasteiger partial charge in [-0.1, -0.05) is 19.8 Å². The van der Waals surface area contributed by atoms with Crippen LogP contribution in [0.2, 0.25) is 0 Å². The van der Waals surface area contributed by atoms with E-state index in [4.69, 9.17) is 10.5 Å². The highest BCUT2D eigenvalue weighted by Crippen LogP contribution is 2.40. The maximum Gasteiger partial charge on any atom is 0.312 e. The molecule has 4 N–H and O–H groups in total. The first kappa shape index (κ1) is 16.0. The molecule has 126 valence electrons. The predicted octanol–water partition coefficient (Wildman–Crippen LogP) is 0.749. The number of aliphatic hydroxyl groups excluding tert-OH is 2. The third kappa shape index (κ3) is 2.64. The summed E-state index contributed by atoms with van der Waals surface area (Å²) in [7, 11) is 0. The Bertz CT molecular complexity index is 709. The van der Waals surface area contributed by atoms with Gasteiger partial charge in [0, 0.05) is 6.42 Å². The zero-order chi connectivity index (χ0) is 16.6.